The van der Waals surface area contributed by atoms with Crippen molar-refractivity contribution in [3.05, 3.63) is 23.8 Å². The third-order valence-corrected chi connectivity index (χ3v) is 2.89. The van der Waals surface area contributed by atoms with Gasteiger partial charge in [-0.3, -0.25) is 0 Å². The highest BCUT2D eigenvalue weighted by molar-refractivity contribution is 5.85. The first-order valence-electron chi connectivity index (χ1n) is 6.06. The van der Waals surface area contributed by atoms with Gasteiger partial charge in [-0.15, -0.1) is 12.4 Å². The van der Waals surface area contributed by atoms with Crippen LogP contribution in [0.1, 0.15) is 38.3 Å². The molecule has 2 N–H and O–H groups in total. The van der Waals surface area contributed by atoms with Gasteiger partial charge in [-0.1, -0.05) is 19.9 Å². The first-order chi connectivity index (χ1) is 8.08. The Kier molecular flexibility index (Phi) is 7.80. The second-order valence-corrected chi connectivity index (χ2v) is 4.69. The molecule has 0 fully saturated rings. The molecule has 0 heterocycles. The lowest BCUT2D eigenvalue weighted by atomic mass is 9.98. The molecule has 1 aromatic rings. The Labute approximate surface area is 116 Å². The fraction of sp³-hybridized carbons (Fsp3) is 0.571. The van der Waals surface area contributed by atoms with Crippen LogP contribution >= 0.6 is 12.4 Å². The number of halogens is 1. The summed E-state index contributed by atoms with van der Waals surface area (Å²) in [6.07, 6.45) is 2.13. The molecule has 0 aromatic heterocycles. The van der Waals surface area contributed by atoms with Crippen molar-refractivity contribution in [1.82, 2.24) is 0 Å². The molecule has 18 heavy (non-hydrogen) atoms. The predicted octanol–water partition coefficient (Wildman–Crippen LogP) is 3.56. The molecule has 4 heteroatoms. The van der Waals surface area contributed by atoms with Crippen LogP contribution in [0.4, 0.5) is 0 Å². The van der Waals surface area contributed by atoms with Gasteiger partial charge in [-0.05, 0) is 36.5 Å². The first-order valence-corrected chi connectivity index (χ1v) is 6.06. The molecule has 1 rings (SSSR count). The summed E-state index contributed by atoms with van der Waals surface area (Å²) in [5.74, 6) is 2.17. The summed E-state index contributed by atoms with van der Waals surface area (Å²) in [5, 5.41) is 0. The van der Waals surface area contributed by atoms with Crippen LogP contribution in [0.5, 0.6) is 11.5 Å². The molecule has 0 amide bonds. The fourth-order valence-corrected chi connectivity index (χ4v) is 1.76. The number of hydrogen-bond donors (Lipinski definition) is 1. The zero-order valence-corrected chi connectivity index (χ0v) is 12.4. The lowest BCUT2D eigenvalue weighted by Gasteiger charge is -2.15. The minimum atomic E-state index is 0. The van der Waals surface area contributed by atoms with Crippen LogP contribution in [-0.4, -0.2) is 14.2 Å². The smallest absolute Gasteiger partial charge is 0.161 e. The maximum Gasteiger partial charge on any atom is 0.161 e. The number of ether oxygens (including phenoxy) is 2. The molecule has 0 saturated heterocycles. The molecule has 0 saturated carbocycles. The van der Waals surface area contributed by atoms with Crippen LogP contribution in [0.3, 0.4) is 0 Å². The Morgan fingerprint density at radius 2 is 1.67 bits per heavy atom. The number of rotatable bonds is 6. The highest BCUT2D eigenvalue weighted by Gasteiger charge is 2.11. The van der Waals surface area contributed by atoms with Crippen LogP contribution in [0.15, 0.2) is 18.2 Å². The Hall–Kier alpha value is -0.930. The van der Waals surface area contributed by atoms with Crippen molar-refractivity contribution in [2.75, 3.05) is 14.2 Å². The summed E-state index contributed by atoms with van der Waals surface area (Å²) in [4.78, 5) is 0. The van der Waals surface area contributed by atoms with Crippen molar-refractivity contribution in [2.24, 2.45) is 11.7 Å². The van der Waals surface area contributed by atoms with E-state index in [0.717, 1.165) is 29.9 Å². The molecule has 0 aliphatic rings. The van der Waals surface area contributed by atoms with Crippen molar-refractivity contribution in [1.29, 1.82) is 0 Å². The van der Waals surface area contributed by atoms with Crippen molar-refractivity contribution < 1.29 is 9.47 Å². The van der Waals surface area contributed by atoms with Crippen molar-refractivity contribution >= 4 is 12.4 Å². The van der Waals surface area contributed by atoms with Gasteiger partial charge in [-0.2, -0.15) is 0 Å². The molecule has 104 valence electrons. The van der Waals surface area contributed by atoms with Gasteiger partial charge in [-0.25, -0.2) is 0 Å². The van der Waals surface area contributed by atoms with Crippen molar-refractivity contribution in [3.8, 4) is 11.5 Å². The average Bonchev–Trinajstić information content (AvgIpc) is 2.34. The van der Waals surface area contributed by atoms with Gasteiger partial charge in [0.05, 0.1) is 14.2 Å². The van der Waals surface area contributed by atoms with E-state index < -0.39 is 0 Å². The maximum atomic E-state index is 6.16. The van der Waals surface area contributed by atoms with E-state index in [1.54, 1.807) is 14.2 Å². The number of methoxy groups -OCH3 is 2. The highest BCUT2D eigenvalue weighted by atomic mass is 35.5. The van der Waals surface area contributed by atoms with E-state index in [2.05, 4.69) is 13.8 Å². The van der Waals surface area contributed by atoms with Gasteiger partial charge in [0.25, 0.3) is 0 Å². The standard InChI is InChI=1S/C14H23NO2.ClH/c1-10(2)5-7-12(15)11-6-8-13(16-3)14(9-11)17-4;/h6,8-10,12H,5,7,15H2,1-4H3;1H/t12-;/m1./s1. The van der Waals surface area contributed by atoms with Crippen LogP contribution in [0, 0.1) is 5.92 Å². The molecule has 3 nitrogen and oxygen atoms in total. The number of hydrogen-bond acceptors (Lipinski definition) is 3. The molecule has 0 unspecified atom stereocenters. The summed E-state index contributed by atoms with van der Waals surface area (Å²) in [7, 11) is 3.28. The second kappa shape index (κ2) is 8.22. The molecule has 0 spiro atoms. The SMILES string of the molecule is COc1ccc([C@H](N)CCC(C)C)cc1OC.Cl. The van der Waals surface area contributed by atoms with E-state index in [4.69, 9.17) is 15.2 Å². The van der Waals surface area contributed by atoms with Gasteiger partial charge in [0, 0.05) is 6.04 Å². The lowest BCUT2D eigenvalue weighted by Crippen LogP contribution is -2.11. The summed E-state index contributed by atoms with van der Waals surface area (Å²) in [6, 6.07) is 5.94. The molecule has 0 bridgehead atoms. The normalized spacial score (nSPS) is 11.9. The van der Waals surface area contributed by atoms with E-state index in [1.807, 2.05) is 18.2 Å². The average molecular weight is 274 g/mol. The Bertz CT molecular complexity index is 356. The third kappa shape index (κ3) is 4.75. The molecule has 0 radical (unpaired) electrons. The highest BCUT2D eigenvalue weighted by Crippen LogP contribution is 2.30. The lowest BCUT2D eigenvalue weighted by molar-refractivity contribution is 0.354. The molecule has 0 aliphatic carbocycles. The summed E-state index contributed by atoms with van der Waals surface area (Å²) < 4.78 is 10.5. The Morgan fingerprint density at radius 1 is 1.06 bits per heavy atom. The summed E-state index contributed by atoms with van der Waals surface area (Å²) in [5.41, 5.74) is 7.26. The number of nitrogens with two attached hydrogens (primary N) is 1. The van der Waals surface area contributed by atoms with Gasteiger partial charge in [0.15, 0.2) is 11.5 Å². The summed E-state index contributed by atoms with van der Waals surface area (Å²) in [6.45, 7) is 4.42. The molecule has 1 aromatic carbocycles. The monoisotopic (exact) mass is 273 g/mol. The molecule has 0 aliphatic heterocycles. The first kappa shape index (κ1) is 17.1. The van der Waals surface area contributed by atoms with Crippen molar-refractivity contribution in [2.45, 2.75) is 32.7 Å². The van der Waals surface area contributed by atoms with Gasteiger partial charge in [0.1, 0.15) is 0 Å². The maximum absolute atomic E-state index is 6.16. The third-order valence-electron chi connectivity index (χ3n) is 2.89. The van der Waals surface area contributed by atoms with E-state index in [1.165, 1.54) is 0 Å². The topological polar surface area (TPSA) is 44.5 Å². The number of benzene rings is 1. The predicted molar refractivity (Wildman–Crippen MR) is 77.8 cm³/mol. The van der Waals surface area contributed by atoms with Crippen LogP contribution in [0.2, 0.25) is 0 Å². The van der Waals surface area contributed by atoms with E-state index in [9.17, 15) is 0 Å². The van der Waals surface area contributed by atoms with Crippen LogP contribution < -0.4 is 15.2 Å². The quantitative estimate of drug-likeness (QED) is 0.862. The van der Waals surface area contributed by atoms with Crippen molar-refractivity contribution in [3.63, 3.8) is 0 Å². The minimum absolute atomic E-state index is 0. The van der Waals surface area contributed by atoms with Gasteiger partial charge >= 0.3 is 0 Å². The minimum Gasteiger partial charge on any atom is -0.493 e. The zero-order chi connectivity index (χ0) is 12.8. The van der Waals surface area contributed by atoms with Crippen LogP contribution in [-0.2, 0) is 0 Å². The fourth-order valence-electron chi connectivity index (χ4n) is 1.76. The van der Waals surface area contributed by atoms with E-state index in [0.29, 0.717) is 5.92 Å². The largest absolute Gasteiger partial charge is 0.493 e. The Morgan fingerprint density at radius 3 is 2.17 bits per heavy atom. The molecular formula is C14H24ClNO2. The Balaban J connectivity index is 0.00000289. The zero-order valence-electron chi connectivity index (χ0n) is 11.6. The summed E-state index contributed by atoms with van der Waals surface area (Å²) >= 11 is 0. The van der Waals surface area contributed by atoms with Gasteiger partial charge < -0.3 is 15.2 Å². The van der Waals surface area contributed by atoms with E-state index >= 15 is 0 Å². The van der Waals surface area contributed by atoms with E-state index in [-0.39, 0.29) is 18.4 Å². The van der Waals surface area contributed by atoms with Crippen LogP contribution in [0.25, 0.3) is 0 Å². The molecular weight excluding hydrogens is 250 g/mol. The molecule has 1 atom stereocenters. The second-order valence-electron chi connectivity index (χ2n) is 4.69. The van der Waals surface area contributed by atoms with Gasteiger partial charge in [0.2, 0.25) is 0 Å².